The summed E-state index contributed by atoms with van der Waals surface area (Å²) in [7, 11) is 0. The number of guanidine groups is 1. The van der Waals surface area contributed by atoms with E-state index in [9.17, 15) is 4.79 Å². The van der Waals surface area contributed by atoms with Gasteiger partial charge in [0.05, 0.1) is 6.04 Å². The first kappa shape index (κ1) is 17.9. The fraction of sp³-hybridized carbons (Fsp3) is 0.857. The highest BCUT2D eigenvalue weighted by Crippen LogP contribution is 2.17. The third-order valence-electron chi connectivity index (χ3n) is 2.53. The van der Waals surface area contributed by atoms with Crippen molar-refractivity contribution in [1.29, 1.82) is 0 Å². The van der Waals surface area contributed by atoms with Crippen molar-refractivity contribution < 1.29 is 4.79 Å². The first-order chi connectivity index (χ1) is 8.43. The van der Waals surface area contributed by atoms with E-state index < -0.39 is 6.04 Å². The molecule has 5 heteroatoms. The number of hydrogen-bond donors (Lipinski definition) is 3. The average molecular weight is 270 g/mol. The van der Waals surface area contributed by atoms with Crippen molar-refractivity contribution in [2.24, 2.45) is 21.9 Å². The van der Waals surface area contributed by atoms with E-state index in [2.05, 4.69) is 10.3 Å². The zero-order chi connectivity index (χ0) is 15.3. The number of carbonyl (C=O) groups excluding carboxylic acids is 1. The van der Waals surface area contributed by atoms with Crippen LogP contribution in [0.25, 0.3) is 0 Å². The summed E-state index contributed by atoms with van der Waals surface area (Å²) in [4.78, 5) is 16.1. The molecule has 0 bridgehead atoms. The zero-order valence-electron chi connectivity index (χ0n) is 13.2. The van der Waals surface area contributed by atoms with Crippen LogP contribution in [-0.2, 0) is 4.79 Å². The van der Waals surface area contributed by atoms with E-state index in [0.717, 1.165) is 6.42 Å². The predicted molar refractivity (Wildman–Crippen MR) is 81.0 cm³/mol. The van der Waals surface area contributed by atoms with Crippen molar-refractivity contribution in [3.63, 3.8) is 0 Å². The summed E-state index contributed by atoms with van der Waals surface area (Å²) in [6.45, 7) is 12.3. The Bertz CT molecular complexity index is 323. The van der Waals surface area contributed by atoms with E-state index in [1.807, 2.05) is 41.5 Å². The summed E-state index contributed by atoms with van der Waals surface area (Å²) in [5, 5.41) is 3.08. The molecule has 0 aliphatic heterocycles. The topological polar surface area (TPSA) is 93.5 Å². The van der Waals surface area contributed by atoms with Gasteiger partial charge in [0.2, 0.25) is 0 Å². The number of nitrogens with zero attached hydrogens (tertiary/aromatic N) is 1. The van der Waals surface area contributed by atoms with Gasteiger partial charge in [0.1, 0.15) is 0 Å². The Morgan fingerprint density at radius 3 is 2.16 bits per heavy atom. The van der Waals surface area contributed by atoms with Gasteiger partial charge in [-0.1, -0.05) is 20.8 Å². The number of nitrogens with one attached hydrogen (secondary N) is 1. The molecule has 5 nitrogen and oxygen atoms in total. The number of aliphatic imine (C=N–C) groups is 1. The molecule has 0 spiro atoms. The molecule has 5 N–H and O–H groups in total. The average Bonchev–Trinajstić information content (AvgIpc) is 2.19. The molecule has 0 aromatic carbocycles. The summed E-state index contributed by atoms with van der Waals surface area (Å²) >= 11 is 0. The highest BCUT2D eigenvalue weighted by atomic mass is 16.1. The smallest absolute Gasteiger partial charge is 0.188 e. The molecule has 0 saturated heterocycles. The molecule has 1 unspecified atom stereocenters. The first-order valence-corrected chi connectivity index (χ1v) is 6.81. The van der Waals surface area contributed by atoms with Crippen LogP contribution in [0.4, 0.5) is 0 Å². The molecule has 112 valence electrons. The van der Waals surface area contributed by atoms with Crippen LogP contribution in [0.3, 0.4) is 0 Å². The van der Waals surface area contributed by atoms with E-state index in [1.54, 1.807) is 0 Å². The van der Waals surface area contributed by atoms with Gasteiger partial charge >= 0.3 is 0 Å². The maximum atomic E-state index is 11.9. The summed E-state index contributed by atoms with van der Waals surface area (Å²) in [5.74, 6) is 0.528. The highest BCUT2D eigenvalue weighted by molar-refractivity contribution is 5.88. The van der Waals surface area contributed by atoms with E-state index in [4.69, 9.17) is 11.5 Å². The van der Waals surface area contributed by atoms with Crippen LogP contribution in [-0.4, -0.2) is 29.9 Å². The van der Waals surface area contributed by atoms with Crippen LogP contribution in [0.1, 0.15) is 54.4 Å². The fourth-order valence-corrected chi connectivity index (χ4v) is 1.62. The number of carbonyl (C=O) groups is 1. The van der Waals surface area contributed by atoms with Crippen LogP contribution in [0, 0.1) is 5.41 Å². The van der Waals surface area contributed by atoms with Crippen molar-refractivity contribution in [3.8, 4) is 0 Å². The Kier molecular flexibility index (Phi) is 6.49. The molecule has 0 radical (unpaired) electrons. The normalized spacial score (nSPS) is 15.2. The lowest BCUT2D eigenvalue weighted by atomic mass is 9.85. The first-order valence-electron chi connectivity index (χ1n) is 6.81. The second-order valence-electron chi connectivity index (χ2n) is 7.00. The van der Waals surface area contributed by atoms with Gasteiger partial charge in [0, 0.05) is 17.5 Å². The second kappa shape index (κ2) is 6.89. The molecule has 19 heavy (non-hydrogen) atoms. The van der Waals surface area contributed by atoms with Gasteiger partial charge in [-0.25, -0.2) is 0 Å². The Balaban J connectivity index is 4.05. The zero-order valence-corrected chi connectivity index (χ0v) is 13.2. The van der Waals surface area contributed by atoms with Crippen LogP contribution in [0.15, 0.2) is 4.99 Å². The van der Waals surface area contributed by atoms with Gasteiger partial charge in [-0.2, -0.15) is 0 Å². The Hall–Kier alpha value is -1.10. The van der Waals surface area contributed by atoms with Crippen molar-refractivity contribution in [1.82, 2.24) is 5.32 Å². The van der Waals surface area contributed by atoms with Gasteiger partial charge in [-0.05, 0) is 33.6 Å². The van der Waals surface area contributed by atoms with Crippen LogP contribution in [0.2, 0.25) is 0 Å². The molecule has 0 aliphatic rings. The summed E-state index contributed by atoms with van der Waals surface area (Å²) in [6, 6.07) is -0.410. The van der Waals surface area contributed by atoms with Crippen molar-refractivity contribution in [2.45, 2.75) is 66.0 Å². The number of nitrogens with two attached hydrogens (primary N) is 2. The number of hydrogen-bond acceptors (Lipinski definition) is 3. The molecule has 0 aromatic heterocycles. The van der Waals surface area contributed by atoms with E-state index in [0.29, 0.717) is 18.9 Å². The van der Waals surface area contributed by atoms with E-state index >= 15 is 0 Å². The van der Waals surface area contributed by atoms with E-state index in [-0.39, 0.29) is 16.7 Å². The Labute approximate surface area is 117 Å². The summed E-state index contributed by atoms with van der Waals surface area (Å²) in [5.41, 5.74) is 11.2. The molecule has 0 aromatic rings. The highest BCUT2D eigenvalue weighted by Gasteiger charge is 2.26. The fourth-order valence-electron chi connectivity index (χ4n) is 1.62. The van der Waals surface area contributed by atoms with Crippen molar-refractivity contribution >= 4 is 11.7 Å². The molecule has 0 rings (SSSR count). The second-order valence-corrected chi connectivity index (χ2v) is 7.00. The number of ketones is 1. The minimum Gasteiger partial charge on any atom is -0.370 e. The van der Waals surface area contributed by atoms with Gasteiger partial charge in [0.25, 0.3) is 0 Å². The molecule has 0 saturated carbocycles. The third kappa shape index (κ3) is 8.59. The van der Waals surface area contributed by atoms with Crippen LogP contribution < -0.4 is 16.8 Å². The minimum atomic E-state index is -0.410. The molecule has 0 aliphatic carbocycles. The quantitative estimate of drug-likeness (QED) is 0.400. The monoisotopic (exact) mass is 270 g/mol. The lowest BCUT2D eigenvalue weighted by molar-refractivity contribution is -0.127. The van der Waals surface area contributed by atoms with Gasteiger partial charge in [-0.15, -0.1) is 0 Å². The lowest BCUT2D eigenvalue weighted by Gasteiger charge is -2.22. The van der Waals surface area contributed by atoms with Crippen molar-refractivity contribution in [3.05, 3.63) is 0 Å². The molecule has 0 heterocycles. The molecule has 1 atom stereocenters. The maximum absolute atomic E-state index is 11.9. The van der Waals surface area contributed by atoms with Gasteiger partial charge in [0.15, 0.2) is 11.7 Å². The number of rotatable bonds is 5. The van der Waals surface area contributed by atoms with E-state index in [1.165, 1.54) is 0 Å². The summed E-state index contributed by atoms with van der Waals surface area (Å²) < 4.78 is 0. The standard InChI is InChI=1S/C14H30N4O/c1-13(2,3)11(19)10(15)8-7-9-17-12(16)18-14(4,5)6/h10H,7-9,15H2,1-6H3,(H3,16,17,18). The lowest BCUT2D eigenvalue weighted by Crippen LogP contribution is -2.45. The SMILES string of the molecule is CC(C)(C)NC(N)=NCCCC(N)C(=O)C(C)(C)C. The Morgan fingerprint density at radius 1 is 1.21 bits per heavy atom. The number of Topliss-reactive ketones (excluding diaryl/α,β-unsaturated/α-hetero) is 1. The minimum absolute atomic E-state index is 0.0911. The molecular formula is C14H30N4O. The van der Waals surface area contributed by atoms with Gasteiger partial charge < -0.3 is 16.8 Å². The molecular weight excluding hydrogens is 240 g/mol. The summed E-state index contributed by atoms with van der Waals surface area (Å²) in [6.07, 6.45) is 1.40. The molecule has 0 amide bonds. The van der Waals surface area contributed by atoms with Crippen LogP contribution in [0.5, 0.6) is 0 Å². The largest absolute Gasteiger partial charge is 0.370 e. The van der Waals surface area contributed by atoms with Crippen LogP contribution >= 0.6 is 0 Å². The molecule has 0 fully saturated rings. The predicted octanol–water partition coefficient (Wildman–Crippen LogP) is 1.41. The Morgan fingerprint density at radius 2 is 1.74 bits per heavy atom. The third-order valence-corrected chi connectivity index (χ3v) is 2.53. The van der Waals surface area contributed by atoms with Crippen molar-refractivity contribution in [2.75, 3.05) is 6.54 Å². The van der Waals surface area contributed by atoms with Gasteiger partial charge in [-0.3, -0.25) is 9.79 Å². The maximum Gasteiger partial charge on any atom is 0.188 e.